The molecule has 0 radical (unpaired) electrons. The van der Waals surface area contributed by atoms with Gasteiger partial charge in [-0.1, -0.05) is 27.5 Å². The molecule has 0 aromatic heterocycles. The molecule has 5 nitrogen and oxygen atoms in total. The number of aliphatic carboxylic acids is 1. The van der Waals surface area contributed by atoms with Crippen molar-refractivity contribution in [2.24, 2.45) is 0 Å². The fourth-order valence-corrected chi connectivity index (χ4v) is 1.97. The molecule has 17 heavy (non-hydrogen) atoms. The average Bonchev–Trinajstić information content (AvgIpc) is 2.23. The number of carboxylic acids is 1. The topological polar surface area (TPSA) is 86.6 Å². The molecule has 0 saturated heterocycles. The van der Waals surface area contributed by atoms with Crippen molar-refractivity contribution in [3.8, 4) is 0 Å². The maximum absolute atomic E-state index is 11.7. The zero-order valence-corrected chi connectivity index (χ0v) is 10.8. The van der Waals surface area contributed by atoms with E-state index in [1.807, 2.05) is 0 Å². The number of aliphatic hydroxyl groups is 1. The number of carbonyl (C=O) groups excluding carboxylic acids is 1. The van der Waals surface area contributed by atoms with Gasteiger partial charge in [-0.3, -0.25) is 4.79 Å². The lowest BCUT2D eigenvalue weighted by Gasteiger charge is -2.11. The van der Waals surface area contributed by atoms with E-state index < -0.39 is 24.5 Å². The first-order chi connectivity index (χ1) is 7.93. The average molecular weight is 323 g/mol. The van der Waals surface area contributed by atoms with Crippen LogP contribution in [0.2, 0.25) is 5.02 Å². The molecular weight excluding hydrogens is 313 g/mol. The highest BCUT2D eigenvalue weighted by atomic mass is 79.9. The SMILES string of the molecule is O=C(N[C@H](CO)C(=O)O)c1cc(Cl)cc(Br)c1. The first kappa shape index (κ1) is 14.0. The minimum absolute atomic E-state index is 0.212. The summed E-state index contributed by atoms with van der Waals surface area (Å²) in [6.07, 6.45) is 0. The van der Waals surface area contributed by atoms with E-state index >= 15 is 0 Å². The van der Waals surface area contributed by atoms with Gasteiger partial charge in [-0.15, -0.1) is 0 Å². The van der Waals surface area contributed by atoms with Gasteiger partial charge in [0.2, 0.25) is 0 Å². The number of carbonyl (C=O) groups is 2. The molecule has 0 aliphatic carbocycles. The Morgan fingerprint density at radius 1 is 1.41 bits per heavy atom. The minimum atomic E-state index is -1.33. The zero-order chi connectivity index (χ0) is 13.0. The summed E-state index contributed by atoms with van der Waals surface area (Å²) in [5.41, 5.74) is 0.212. The Morgan fingerprint density at radius 2 is 2.06 bits per heavy atom. The second-order valence-electron chi connectivity index (χ2n) is 3.20. The van der Waals surface area contributed by atoms with Crippen LogP contribution in [0.15, 0.2) is 22.7 Å². The summed E-state index contributed by atoms with van der Waals surface area (Å²) >= 11 is 8.91. The molecule has 0 unspecified atom stereocenters. The van der Waals surface area contributed by atoms with Gasteiger partial charge in [0, 0.05) is 15.1 Å². The van der Waals surface area contributed by atoms with Gasteiger partial charge < -0.3 is 15.5 Å². The second kappa shape index (κ2) is 6.00. The molecule has 7 heteroatoms. The molecule has 1 rings (SSSR count). The molecule has 3 N–H and O–H groups in total. The Morgan fingerprint density at radius 3 is 2.53 bits per heavy atom. The third-order valence-electron chi connectivity index (χ3n) is 1.91. The lowest BCUT2D eigenvalue weighted by Crippen LogP contribution is -2.43. The van der Waals surface area contributed by atoms with E-state index in [9.17, 15) is 9.59 Å². The third kappa shape index (κ3) is 3.99. The van der Waals surface area contributed by atoms with Crippen LogP contribution in [-0.4, -0.2) is 34.7 Å². The summed E-state index contributed by atoms with van der Waals surface area (Å²) in [7, 11) is 0. The van der Waals surface area contributed by atoms with Gasteiger partial charge in [0.15, 0.2) is 6.04 Å². The maximum atomic E-state index is 11.7. The summed E-state index contributed by atoms with van der Waals surface area (Å²) in [5.74, 6) is -1.92. The molecule has 1 aromatic carbocycles. The molecule has 1 amide bonds. The molecule has 1 atom stereocenters. The Balaban J connectivity index is 2.86. The number of carboxylic acid groups (broad SMARTS) is 1. The van der Waals surface area contributed by atoms with Crippen LogP contribution in [0.1, 0.15) is 10.4 Å². The Bertz CT molecular complexity index is 432. The Labute approximate surface area is 111 Å². The van der Waals surface area contributed by atoms with E-state index in [4.69, 9.17) is 21.8 Å². The van der Waals surface area contributed by atoms with Crippen LogP contribution < -0.4 is 5.32 Å². The van der Waals surface area contributed by atoms with Crippen molar-refractivity contribution in [3.05, 3.63) is 33.3 Å². The monoisotopic (exact) mass is 321 g/mol. The van der Waals surface area contributed by atoms with Crippen LogP contribution in [0.5, 0.6) is 0 Å². The van der Waals surface area contributed by atoms with Crippen molar-refractivity contribution >= 4 is 39.4 Å². The smallest absolute Gasteiger partial charge is 0.328 e. The van der Waals surface area contributed by atoms with Gasteiger partial charge in [-0.2, -0.15) is 0 Å². The Kier molecular flexibility index (Phi) is 4.92. The number of hydrogen-bond donors (Lipinski definition) is 3. The van der Waals surface area contributed by atoms with E-state index in [-0.39, 0.29) is 5.56 Å². The zero-order valence-electron chi connectivity index (χ0n) is 8.48. The molecule has 1 aromatic rings. The van der Waals surface area contributed by atoms with Crippen LogP contribution in [0.4, 0.5) is 0 Å². The molecule has 0 spiro atoms. The summed E-state index contributed by atoms with van der Waals surface area (Å²) in [4.78, 5) is 22.3. The van der Waals surface area contributed by atoms with Crippen molar-refractivity contribution in [1.82, 2.24) is 5.32 Å². The largest absolute Gasteiger partial charge is 0.480 e. The van der Waals surface area contributed by atoms with Crippen LogP contribution >= 0.6 is 27.5 Å². The van der Waals surface area contributed by atoms with Crippen molar-refractivity contribution < 1.29 is 19.8 Å². The van der Waals surface area contributed by atoms with Gasteiger partial charge in [-0.25, -0.2) is 4.79 Å². The van der Waals surface area contributed by atoms with Crippen LogP contribution in [0.25, 0.3) is 0 Å². The number of amides is 1. The summed E-state index contributed by atoms with van der Waals surface area (Å²) in [6, 6.07) is 3.16. The van der Waals surface area contributed by atoms with Crippen LogP contribution in [0.3, 0.4) is 0 Å². The van der Waals surface area contributed by atoms with Gasteiger partial charge in [0.1, 0.15) is 0 Å². The predicted octanol–water partition coefficient (Wildman–Crippen LogP) is 1.28. The van der Waals surface area contributed by atoms with Crippen molar-refractivity contribution in [1.29, 1.82) is 0 Å². The van der Waals surface area contributed by atoms with Crippen LogP contribution in [-0.2, 0) is 4.79 Å². The van der Waals surface area contributed by atoms with E-state index in [0.717, 1.165) is 0 Å². The normalized spacial score (nSPS) is 11.9. The number of rotatable bonds is 4. The highest BCUT2D eigenvalue weighted by Crippen LogP contribution is 2.19. The van der Waals surface area contributed by atoms with Gasteiger partial charge in [0.05, 0.1) is 6.61 Å². The number of hydrogen-bond acceptors (Lipinski definition) is 3. The minimum Gasteiger partial charge on any atom is -0.480 e. The van der Waals surface area contributed by atoms with Gasteiger partial charge in [0.25, 0.3) is 5.91 Å². The van der Waals surface area contributed by atoms with Crippen LogP contribution in [0, 0.1) is 0 Å². The highest BCUT2D eigenvalue weighted by molar-refractivity contribution is 9.10. The fourth-order valence-electron chi connectivity index (χ4n) is 1.11. The van der Waals surface area contributed by atoms with Crippen molar-refractivity contribution in [3.63, 3.8) is 0 Å². The first-order valence-electron chi connectivity index (χ1n) is 4.54. The van der Waals surface area contributed by atoms with Crippen molar-refractivity contribution in [2.75, 3.05) is 6.61 Å². The van der Waals surface area contributed by atoms with E-state index in [1.54, 1.807) is 6.07 Å². The quantitative estimate of drug-likeness (QED) is 0.779. The number of nitrogens with one attached hydrogen (secondary N) is 1. The number of benzene rings is 1. The molecule has 0 aliphatic heterocycles. The van der Waals surface area contributed by atoms with Crippen molar-refractivity contribution in [2.45, 2.75) is 6.04 Å². The molecule has 0 bridgehead atoms. The fraction of sp³-hybridized carbons (Fsp3) is 0.200. The number of halogens is 2. The molecule has 0 aliphatic rings. The van der Waals surface area contributed by atoms with Gasteiger partial charge >= 0.3 is 5.97 Å². The van der Waals surface area contributed by atoms with E-state index in [0.29, 0.717) is 9.50 Å². The Hall–Kier alpha value is -1.11. The second-order valence-corrected chi connectivity index (χ2v) is 4.56. The molecule has 92 valence electrons. The summed E-state index contributed by atoms with van der Waals surface area (Å²) in [5, 5.41) is 20.0. The highest BCUT2D eigenvalue weighted by Gasteiger charge is 2.19. The first-order valence-corrected chi connectivity index (χ1v) is 5.71. The lowest BCUT2D eigenvalue weighted by molar-refractivity contribution is -0.140. The molecular formula is C10H9BrClNO4. The third-order valence-corrected chi connectivity index (χ3v) is 2.59. The standard InChI is InChI=1S/C10H9BrClNO4/c11-6-1-5(2-7(12)3-6)9(15)13-8(4-14)10(16)17/h1-3,8,14H,4H2,(H,13,15)(H,16,17)/t8-/m1/s1. The maximum Gasteiger partial charge on any atom is 0.328 e. The predicted molar refractivity (Wildman–Crippen MR) is 65.1 cm³/mol. The summed E-state index contributed by atoms with van der Waals surface area (Å²) in [6.45, 7) is -0.678. The summed E-state index contributed by atoms with van der Waals surface area (Å²) < 4.78 is 0.603. The molecule has 0 heterocycles. The van der Waals surface area contributed by atoms with E-state index in [2.05, 4.69) is 21.2 Å². The molecule has 0 saturated carbocycles. The molecule has 0 fully saturated rings. The van der Waals surface area contributed by atoms with Gasteiger partial charge in [-0.05, 0) is 18.2 Å². The lowest BCUT2D eigenvalue weighted by atomic mass is 10.2. The van der Waals surface area contributed by atoms with E-state index in [1.165, 1.54) is 12.1 Å². The number of aliphatic hydroxyl groups excluding tert-OH is 1.